The average Bonchev–Trinajstić information content (AvgIpc) is 3.53. The van der Waals surface area contributed by atoms with Crippen LogP contribution in [0.5, 0.6) is 0 Å². The third-order valence-corrected chi connectivity index (χ3v) is 7.98. The third-order valence-electron chi connectivity index (χ3n) is 7.66. The first-order valence-corrected chi connectivity index (χ1v) is 14.5. The highest BCUT2D eigenvalue weighted by atomic mass is 35.5. The van der Waals surface area contributed by atoms with Crippen molar-refractivity contribution in [2.45, 2.75) is 95.7 Å². The number of hydrogen-bond donors (Lipinski definition) is 3. The number of hydrogen-bond acceptors (Lipinski definition) is 5. The Morgan fingerprint density at radius 3 is 2.65 bits per heavy atom. The van der Waals surface area contributed by atoms with Crippen LogP contribution in [0.3, 0.4) is 0 Å². The van der Waals surface area contributed by atoms with Crippen LogP contribution in [0, 0.1) is 5.82 Å². The van der Waals surface area contributed by atoms with E-state index in [1.807, 2.05) is 25.3 Å². The van der Waals surface area contributed by atoms with Gasteiger partial charge >= 0.3 is 6.09 Å². The molecule has 1 amide bonds. The monoisotopic (exact) mass is 568 g/mol. The summed E-state index contributed by atoms with van der Waals surface area (Å²) in [4.78, 5) is 16.8. The van der Waals surface area contributed by atoms with Crippen molar-refractivity contribution in [1.82, 2.24) is 14.9 Å². The summed E-state index contributed by atoms with van der Waals surface area (Å²) in [6, 6.07) is 6.29. The van der Waals surface area contributed by atoms with E-state index < -0.39 is 17.5 Å². The lowest BCUT2D eigenvalue weighted by Gasteiger charge is -2.22. The Morgan fingerprint density at radius 2 is 1.90 bits per heavy atom. The number of nitrogens with one attached hydrogen (secondary N) is 2. The fourth-order valence-corrected chi connectivity index (χ4v) is 5.93. The number of rotatable bonds is 6. The average molecular weight is 569 g/mol. The second-order valence-electron chi connectivity index (χ2n) is 12.0. The molecule has 2 saturated carbocycles. The van der Waals surface area contributed by atoms with E-state index in [9.17, 15) is 9.18 Å². The van der Waals surface area contributed by atoms with Gasteiger partial charge in [0.05, 0.1) is 33.7 Å². The molecule has 2 aromatic heterocycles. The Morgan fingerprint density at radius 1 is 1.15 bits per heavy atom. The Balaban J connectivity index is 1.45. The number of ether oxygens (including phenoxy) is 1. The van der Waals surface area contributed by atoms with E-state index >= 15 is 0 Å². The predicted molar refractivity (Wildman–Crippen MR) is 157 cm³/mol. The van der Waals surface area contributed by atoms with Gasteiger partial charge in [-0.1, -0.05) is 30.9 Å². The molecular weight excluding hydrogens is 531 g/mol. The third kappa shape index (κ3) is 6.69. The molecule has 2 heterocycles. The molecule has 0 spiro atoms. The molecule has 5 rings (SSSR count). The quantitative estimate of drug-likeness (QED) is 0.218. The van der Waals surface area contributed by atoms with Crippen molar-refractivity contribution in [1.29, 1.82) is 0 Å². The van der Waals surface area contributed by atoms with Gasteiger partial charge in [0, 0.05) is 24.3 Å². The van der Waals surface area contributed by atoms with Crippen LogP contribution in [0.25, 0.3) is 5.52 Å². The summed E-state index contributed by atoms with van der Waals surface area (Å²) in [5.41, 5.74) is 9.83. The van der Waals surface area contributed by atoms with Gasteiger partial charge in [0.2, 0.25) is 0 Å². The minimum atomic E-state index is -0.551. The fourth-order valence-electron chi connectivity index (χ4n) is 5.77. The normalized spacial score (nSPS) is 20.6. The van der Waals surface area contributed by atoms with Crippen LogP contribution >= 0.6 is 11.6 Å². The van der Waals surface area contributed by atoms with Crippen LogP contribution in [0.15, 0.2) is 41.7 Å². The van der Waals surface area contributed by atoms with Gasteiger partial charge in [-0.2, -0.15) is 5.10 Å². The van der Waals surface area contributed by atoms with Gasteiger partial charge in [-0.25, -0.2) is 18.7 Å². The van der Waals surface area contributed by atoms with E-state index in [0.29, 0.717) is 16.5 Å². The summed E-state index contributed by atoms with van der Waals surface area (Å²) in [6.07, 6.45) is 11.9. The van der Waals surface area contributed by atoms with Gasteiger partial charge in [-0.05, 0) is 82.6 Å². The van der Waals surface area contributed by atoms with Gasteiger partial charge < -0.3 is 21.1 Å². The predicted octanol–water partition coefficient (Wildman–Crippen LogP) is 7.07. The van der Waals surface area contributed by atoms with E-state index in [1.165, 1.54) is 55.9 Å². The second kappa shape index (κ2) is 11.6. The number of aliphatic imine (C=N–C) groups is 1. The number of anilines is 1. The van der Waals surface area contributed by atoms with Crippen LogP contribution < -0.4 is 16.4 Å². The lowest BCUT2D eigenvalue weighted by Crippen LogP contribution is -2.38. The number of nitrogens with zero attached hydrogens (tertiary/aromatic N) is 3. The number of halogens is 2. The first-order valence-electron chi connectivity index (χ1n) is 14.1. The van der Waals surface area contributed by atoms with Crippen molar-refractivity contribution >= 4 is 40.4 Å². The van der Waals surface area contributed by atoms with Gasteiger partial charge in [0.15, 0.2) is 0 Å². The van der Waals surface area contributed by atoms with Crippen molar-refractivity contribution in [3.8, 4) is 0 Å². The topological polar surface area (TPSA) is 106 Å². The molecule has 2 atom stereocenters. The molecule has 3 aromatic rings. The molecule has 10 heteroatoms. The summed E-state index contributed by atoms with van der Waals surface area (Å²) < 4.78 is 21.3. The van der Waals surface area contributed by atoms with Crippen molar-refractivity contribution in [2.75, 3.05) is 5.32 Å². The molecule has 214 valence electrons. The van der Waals surface area contributed by atoms with E-state index in [2.05, 4.69) is 33.0 Å². The summed E-state index contributed by atoms with van der Waals surface area (Å²) in [7, 11) is 0. The van der Waals surface area contributed by atoms with E-state index in [0.717, 1.165) is 30.5 Å². The van der Waals surface area contributed by atoms with Crippen molar-refractivity contribution in [3.05, 3.63) is 58.6 Å². The number of benzene rings is 1. The standard InChI is InChI=1S/C30H38ClFN6O2/c1-30(2,3)40-29(39)36-22-11-10-21(15-22)35-27-23(28(33)37-25-14-20(32)9-12-24(25)31)16-34-38-17-19(13-26(27)38)18-7-5-4-6-8-18/h9,12-14,16-18,21-22,35H,4-8,10-11,15H2,1-3H3,(H2,33,37)(H,36,39)/t21-,22+/m1/s1. The van der Waals surface area contributed by atoms with E-state index in [-0.39, 0.29) is 23.6 Å². The molecule has 8 nitrogen and oxygen atoms in total. The number of alkyl carbamates (subject to hydrolysis) is 1. The lowest BCUT2D eigenvalue weighted by molar-refractivity contribution is 0.0505. The Kier molecular flexibility index (Phi) is 8.21. The molecule has 2 aliphatic carbocycles. The molecule has 2 aliphatic rings. The molecule has 1 aromatic carbocycles. The zero-order valence-corrected chi connectivity index (χ0v) is 24.1. The zero-order chi connectivity index (χ0) is 28.4. The highest BCUT2D eigenvalue weighted by Crippen LogP contribution is 2.36. The second-order valence-corrected chi connectivity index (χ2v) is 12.4. The Labute approximate surface area is 239 Å². The number of amidine groups is 1. The van der Waals surface area contributed by atoms with Crippen molar-refractivity contribution in [3.63, 3.8) is 0 Å². The summed E-state index contributed by atoms with van der Waals surface area (Å²) in [6.45, 7) is 5.55. The molecule has 40 heavy (non-hydrogen) atoms. The minimum Gasteiger partial charge on any atom is -0.444 e. The molecular formula is C30H38ClFN6O2. The Hall–Kier alpha value is -3.33. The maximum Gasteiger partial charge on any atom is 0.407 e. The first-order chi connectivity index (χ1) is 19.1. The number of fused-ring (bicyclic) bond motifs is 1. The molecule has 0 aliphatic heterocycles. The number of carbonyl (C=O) groups is 1. The highest BCUT2D eigenvalue weighted by molar-refractivity contribution is 6.33. The van der Waals surface area contributed by atoms with E-state index in [4.69, 9.17) is 22.1 Å². The number of nitrogens with two attached hydrogens (primary N) is 1. The van der Waals surface area contributed by atoms with Gasteiger partial charge in [0.1, 0.15) is 17.3 Å². The molecule has 0 unspecified atom stereocenters. The van der Waals surface area contributed by atoms with Gasteiger partial charge in [-0.15, -0.1) is 0 Å². The summed E-state index contributed by atoms with van der Waals surface area (Å²) >= 11 is 6.28. The van der Waals surface area contributed by atoms with Crippen LogP contribution in [0.1, 0.15) is 89.2 Å². The molecule has 0 bridgehead atoms. The molecule has 0 saturated heterocycles. The van der Waals surface area contributed by atoms with E-state index in [1.54, 1.807) is 6.20 Å². The van der Waals surface area contributed by atoms with Gasteiger partial charge in [-0.3, -0.25) is 0 Å². The van der Waals surface area contributed by atoms with Crippen molar-refractivity contribution < 1.29 is 13.9 Å². The fraction of sp³-hybridized carbons (Fsp3) is 0.500. The Bertz CT molecular complexity index is 1410. The SMILES string of the molecule is CC(C)(C)OC(=O)N[C@H]1CC[C@@H](Nc2c(C(N)=Nc3cc(F)ccc3Cl)cnn3cc(C4CCCCC4)cc23)C1. The largest absolute Gasteiger partial charge is 0.444 e. The number of amides is 1. The number of carbonyl (C=O) groups excluding carboxylic acids is 1. The maximum atomic E-state index is 13.9. The zero-order valence-electron chi connectivity index (χ0n) is 23.3. The van der Waals surface area contributed by atoms with Crippen LogP contribution in [0.4, 0.5) is 20.6 Å². The molecule has 4 N–H and O–H groups in total. The van der Waals surface area contributed by atoms with Crippen LogP contribution in [0.2, 0.25) is 5.02 Å². The smallest absolute Gasteiger partial charge is 0.407 e. The summed E-state index contributed by atoms with van der Waals surface area (Å²) in [5, 5.41) is 11.7. The van der Waals surface area contributed by atoms with Crippen LogP contribution in [-0.4, -0.2) is 39.2 Å². The maximum absolute atomic E-state index is 13.9. The highest BCUT2D eigenvalue weighted by Gasteiger charge is 2.29. The lowest BCUT2D eigenvalue weighted by atomic mass is 9.85. The van der Waals surface area contributed by atoms with Crippen molar-refractivity contribution in [2.24, 2.45) is 10.7 Å². The van der Waals surface area contributed by atoms with Gasteiger partial charge in [0.25, 0.3) is 0 Å². The van der Waals surface area contributed by atoms with Crippen LogP contribution in [-0.2, 0) is 4.74 Å². The minimum absolute atomic E-state index is 0.00430. The summed E-state index contributed by atoms with van der Waals surface area (Å²) in [5.74, 6) is 0.255. The first kappa shape index (κ1) is 28.2. The molecule has 2 fully saturated rings. The molecule has 0 radical (unpaired) electrons. The number of aromatic nitrogens is 2.